The standard InChI is InChI=1S/C18H22N4O3/c1-14(25-16-7-4-3-6-15(16)24-2)17(23)21-10-12-22(13-11-21)18-19-8-5-9-20-18/h3-9,14H,10-13H2,1-2H3/t14-/m0/s1. The fourth-order valence-electron chi connectivity index (χ4n) is 2.80. The molecular weight excluding hydrogens is 320 g/mol. The lowest BCUT2D eigenvalue weighted by Gasteiger charge is -2.35. The normalized spacial score (nSPS) is 15.6. The zero-order valence-electron chi connectivity index (χ0n) is 14.5. The second-order valence-electron chi connectivity index (χ2n) is 5.77. The Morgan fingerprint density at radius 2 is 1.68 bits per heavy atom. The summed E-state index contributed by atoms with van der Waals surface area (Å²) >= 11 is 0. The molecule has 1 aromatic heterocycles. The van der Waals surface area contributed by atoms with Crippen LogP contribution in [0.25, 0.3) is 0 Å². The average Bonchev–Trinajstić information content (AvgIpc) is 2.68. The highest BCUT2D eigenvalue weighted by Gasteiger charge is 2.27. The highest BCUT2D eigenvalue weighted by atomic mass is 16.5. The Labute approximate surface area is 147 Å². The van der Waals surface area contributed by atoms with Gasteiger partial charge in [0.15, 0.2) is 17.6 Å². The van der Waals surface area contributed by atoms with Crippen molar-refractivity contribution in [3.8, 4) is 11.5 Å². The van der Waals surface area contributed by atoms with Crippen LogP contribution in [0, 0.1) is 0 Å². The number of para-hydroxylation sites is 2. The number of aromatic nitrogens is 2. The van der Waals surface area contributed by atoms with E-state index in [1.807, 2.05) is 23.1 Å². The lowest BCUT2D eigenvalue weighted by molar-refractivity contribution is -0.138. The first-order valence-corrected chi connectivity index (χ1v) is 8.29. The van der Waals surface area contributed by atoms with Crippen LogP contribution in [0.4, 0.5) is 5.95 Å². The molecule has 0 aliphatic carbocycles. The monoisotopic (exact) mass is 342 g/mol. The van der Waals surface area contributed by atoms with Gasteiger partial charge in [-0.3, -0.25) is 4.79 Å². The Hall–Kier alpha value is -2.83. The van der Waals surface area contributed by atoms with E-state index >= 15 is 0 Å². The molecule has 0 unspecified atom stereocenters. The molecule has 1 aliphatic rings. The van der Waals surface area contributed by atoms with Gasteiger partial charge in [0.2, 0.25) is 5.95 Å². The van der Waals surface area contributed by atoms with Crippen LogP contribution in [0.1, 0.15) is 6.92 Å². The van der Waals surface area contributed by atoms with Crippen LogP contribution in [-0.4, -0.2) is 60.2 Å². The topological polar surface area (TPSA) is 67.8 Å². The van der Waals surface area contributed by atoms with E-state index in [0.29, 0.717) is 43.6 Å². The van der Waals surface area contributed by atoms with E-state index in [0.717, 1.165) is 0 Å². The molecule has 2 heterocycles. The quantitative estimate of drug-likeness (QED) is 0.822. The van der Waals surface area contributed by atoms with Gasteiger partial charge in [-0.25, -0.2) is 9.97 Å². The Bertz CT molecular complexity index is 702. The predicted octanol–water partition coefficient (Wildman–Crippen LogP) is 1.60. The van der Waals surface area contributed by atoms with Gasteiger partial charge in [0.05, 0.1) is 7.11 Å². The maximum atomic E-state index is 12.7. The van der Waals surface area contributed by atoms with Crippen LogP contribution in [-0.2, 0) is 4.79 Å². The van der Waals surface area contributed by atoms with Crippen molar-refractivity contribution >= 4 is 11.9 Å². The molecule has 1 atom stereocenters. The highest BCUT2D eigenvalue weighted by Crippen LogP contribution is 2.27. The number of carbonyl (C=O) groups excluding carboxylic acids is 1. The molecule has 0 N–H and O–H groups in total. The molecule has 1 fully saturated rings. The molecule has 132 valence electrons. The van der Waals surface area contributed by atoms with Crippen molar-refractivity contribution in [1.29, 1.82) is 0 Å². The molecule has 25 heavy (non-hydrogen) atoms. The summed E-state index contributed by atoms with van der Waals surface area (Å²) in [6.45, 7) is 4.42. The second-order valence-corrected chi connectivity index (χ2v) is 5.77. The summed E-state index contributed by atoms with van der Waals surface area (Å²) in [5.41, 5.74) is 0. The third-order valence-corrected chi connectivity index (χ3v) is 4.15. The summed E-state index contributed by atoms with van der Waals surface area (Å²) in [6, 6.07) is 9.12. The molecule has 7 heteroatoms. The number of ether oxygens (including phenoxy) is 2. The molecule has 1 aromatic carbocycles. The number of hydrogen-bond donors (Lipinski definition) is 0. The van der Waals surface area contributed by atoms with Gasteiger partial charge in [-0.15, -0.1) is 0 Å². The third kappa shape index (κ3) is 3.99. The van der Waals surface area contributed by atoms with Crippen molar-refractivity contribution in [2.24, 2.45) is 0 Å². The largest absolute Gasteiger partial charge is 0.493 e. The van der Waals surface area contributed by atoms with Crippen LogP contribution in [0.5, 0.6) is 11.5 Å². The Balaban J connectivity index is 1.57. The Kier molecular flexibility index (Phi) is 5.33. The van der Waals surface area contributed by atoms with Crippen molar-refractivity contribution in [1.82, 2.24) is 14.9 Å². The SMILES string of the molecule is COc1ccccc1O[C@@H](C)C(=O)N1CCN(c2ncccn2)CC1. The number of piperazine rings is 1. The molecule has 0 spiro atoms. The molecule has 3 rings (SSSR count). The van der Waals surface area contributed by atoms with Gasteiger partial charge >= 0.3 is 0 Å². The minimum absolute atomic E-state index is 0.0282. The molecule has 7 nitrogen and oxygen atoms in total. The summed E-state index contributed by atoms with van der Waals surface area (Å²) in [7, 11) is 1.58. The van der Waals surface area contributed by atoms with E-state index in [1.165, 1.54) is 0 Å². The second kappa shape index (κ2) is 7.83. The number of carbonyl (C=O) groups is 1. The number of benzene rings is 1. The molecule has 0 radical (unpaired) electrons. The van der Waals surface area contributed by atoms with E-state index in [-0.39, 0.29) is 5.91 Å². The lowest BCUT2D eigenvalue weighted by atomic mass is 10.2. The van der Waals surface area contributed by atoms with Gasteiger partial charge in [0.1, 0.15) is 0 Å². The first-order valence-electron chi connectivity index (χ1n) is 8.29. The molecule has 2 aromatic rings. The first-order chi connectivity index (χ1) is 12.2. The van der Waals surface area contributed by atoms with Crippen LogP contribution >= 0.6 is 0 Å². The van der Waals surface area contributed by atoms with Crippen molar-refractivity contribution in [3.05, 3.63) is 42.7 Å². The van der Waals surface area contributed by atoms with Crippen molar-refractivity contribution in [2.45, 2.75) is 13.0 Å². The number of rotatable bonds is 5. The third-order valence-electron chi connectivity index (χ3n) is 4.15. The van der Waals surface area contributed by atoms with Crippen molar-refractivity contribution in [2.75, 3.05) is 38.2 Å². The summed E-state index contributed by atoms with van der Waals surface area (Å²) in [4.78, 5) is 25.1. The smallest absolute Gasteiger partial charge is 0.263 e. The summed E-state index contributed by atoms with van der Waals surface area (Å²) in [5, 5.41) is 0. The van der Waals surface area contributed by atoms with E-state index in [9.17, 15) is 4.79 Å². The van der Waals surface area contributed by atoms with E-state index in [2.05, 4.69) is 14.9 Å². The van der Waals surface area contributed by atoms with E-state index in [4.69, 9.17) is 9.47 Å². The van der Waals surface area contributed by atoms with Crippen molar-refractivity contribution < 1.29 is 14.3 Å². The maximum absolute atomic E-state index is 12.7. The summed E-state index contributed by atoms with van der Waals surface area (Å²) < 4.78 is 11.1. The maximum Gasteiger partial charge on any atom is 0.263 e. The van der Waals surface area contributed by atoms with Gasteiger partial charge < -0.3 is 19.3 Å². The van der Waals surface area contributed by atoms with Crippen LogP contribution in [0.2, 0.25) is 0 Å². The van der Waals surface area contributed by atoms with Crippen LogP contribution in [0.3, 0.4) is 0 Å². The predicted molar refractivity (Wildman–Crippen MR) is 93.9 cm³/mol. The van der Waals surface area contributed by atoms with Gasteiger partial charge in [0, 0.05) is 38.6 Å². The molecule has 0 bridgehead atoms. The minimum Gasteiger partial charge on any atom is -0.493 e. The lowest BCUT2D eigenvalue weighted by Crippen LogP contribution is -2.52. The number of nitrogens with zero attached hydrogens (tertiary/aromatic N) is 4. The van der Waals surface area contributed by atoms with E-state index < -0.39 is 6.10 Å². The van der Waals surface area contributed by atoms with Gasteiger partial charge in [-0.05, 0) is 25.1 Å². The summed E-state index contributed by atoms with van der Waals surface area (Å²) in [6.07, 6.45) is 2.88. The van der Waals surface area contributed by atoms with Crippen molar-refractivity contribution in [3.63, 3.8) is 0 Å². The molecule has 0 saturated carbocycles. The average molecular weight is 342 g/mol. The highest BCUT2D eigenvalue weighted by molar-refractivity contribution is 5.81. The van der Waals surface area contributed by atoms with Gasteiger partial charge in [0.25, 0.3) is 5.91 Å². The van der Waals surface area contributed by atoms with Crippen LogP contribution in [0.15, 0.2) is 42.7 Å². The molecule has 1 amide bonds. The Morgan fingerprint density at radius 1 is 1.04 bits per heavy atom. The summed E-state index contributed by atoms with van der Waals surface area (Å²) in [5.74, 6) is 1.86. The number of amides is 1. The minimum atomic E-state index is -0.573. The first kappa shape index (κ1) is 17.0. The fourth-order valence-corrected chi connectivity index (χ4v) is 2.80. The van der Waals surface area contributed by atoms with E-state index in [1.54, 1.807) is 38.6 Å². The number of hydrogen-bond acceptors (Lipinski definition) is 6. The van der Waals surface area contributed by atoms with Gasteiger partial charge in [-0.2, -0.15) is 0 Å². The molecule has 1 saturated heterocycles. The molecule has 1 aliphatic heterocycles. The zero-order chi connectivity index (χ0) is 17.6. The number of methoxy groups -OCH3 is 1. The molecular formula is C18H22N4O3. The number of anilines is 1. The van der Waals surface area contributed by atoms with Crippen LogP contribution < -0.4 is 14.4 Å². The Morgan fingerprint density at radius 3 is 2.32 bits per heavy atom. The zero-order valence-corrected chi connectivity index (χ0v) is 14.5. The fraction of sp³-hybridized carbons (Fsp3) is 0.389. The van der Waals surface area contributed by atoms with Gasteiger partial charge in [-0.1, -0.05) is 12.1 Å².